The second kappa shape index (κ2) is 5.65. The molecule has 1 aliphatic rings. The lowest BCUT2D eigenvalue weighted by Gasteiger charge is -2.34. The van der Waals surface area contributed by atoms with Gasteiger partial charge in [-0.3, -0.25) is 4.79 Å². The van der Waals surface area contributed by atoms with Crippen LogP contribution in [0, 0.1) is 5.92 Å². The first-order valence-electron chi connectivity index (χ1n) is 6.96. The average Bonchev–Trinajstić information content (AvgIpc) is 2.73. The lowest BCUT2D eigenvalue weighted by Crippen LogP contribution is -2.46. The number of carbonyl (C=O) groups excluding carboxylic acids is 1. The van der Waals surface area contributed by atoms with Gasteiger partial charge in [-0.2, -0.15) is 0 Å². The topological polar surface area (TPSA) is 71.5 Å². The molecule has 1 aliphatic heterocycles. The number of aliphatic hydroxyl groups is 1. The number of amides is 1. The van der Waals surface area contributed by atoms with Crippen LogP contribution in [0.15, 0.2) is 12.3 Å². The Morgan fingerprint density at radius 2 is 2.32 bits per heavy atom. The van der Waals surface area contributed by atoms with Crippen LogP contribution >= 0.6 is 0 Å². The van der Waals surface area contributed by atoms with Crippen molar-refractivity contribution in [3.63, 3.8) is 0 Å². The molecule has 1 saturated heterocycles. The molecule has 1 fully saturated rings. The largest absolute Gasteiger partial charge is 0.397 e. The van der Waals surface area contributed by atoms with Crippen LogP contribution in [0.1, 0.15) is 37.2 Å². The standard InChI is InChI=1S/C14H23N3O2/c1-3-5-16-8-11(15)7-12(16)14(19)17-6-4-10(2)13(18)9-17/h7-8,10,13,18H,3-6,9,15H2,1-2H3. The minimum Gasteiger partial charge on any atom is -0.397 e. The van der Waals surface area contributed by atoms with Crippen molar-refractivity contribution in [2.75, 3.05) is 18.8 Å². The zero-order valence-corrected chi connectivity index (χ0v) is 11.7. The van der Waals surface area contributed by atoms with E-state index in [0.29, 0.717) is 24.5 Å². The van der Waals surface area contributed by atoms with Gasteiger partial charge in [-0.15, -0.1) is 0 Å². The molecule has 2 unspecified atom stereocenters. The van der Waals surface area contributed by atoms with Crippen LogP contribution in [0.3, 0.4) is 0 Å². The smallest absolute Gasteiger partial charge is 0.270 e. The van der Waals surface area contributed by atoms with Crippen LogP contribution in [0.4, 0.5) is 5.69 Å². The average molecular weight is 265 g/mol. The number of hydrogen-bond donors (Lipinski definition) is 2. The maximum absolute atomic E-state index is 12.5. The molecule has 0 spiro atoms. The first-order valence-corrected chi connectivity index (χ1v) is 6.96. The third-order valence-corrected chi connectivity index (χ3v) is 3.81. The molecule has 0 aliphatic carbocycles. The summed E-state index contributed by atoms with van der Waals surface area (Å²) in [6, 6.07) is 1.72. The summed E-state index contributed by atoms with van der Waals surface area (Å²) in [7, 11) is 0. The fraction of sp³-hybridized carbons (Fsp3) is 0.643. The van der Waals surface area contributed by atoms with Crippen molar-refractivity contribution in [1.29, 1.82) is 0 Å². The molecule has 2 atom stereocenters. The minimum absolute atomic E-state index is 0.0314. The number of aliphatic hydroxyl groups excluding tert-OH is 1. The molecule has 5 nitrogen and oxygen atoms in total. The Kier molecular flexibility index (Phi) is 4.14. The molecule has 2 heterocycles. The molecular formula is C14H23N3O2. The summed E-state index contributed by atoms with van der Waals surface area (Å²) < 4.78 is 1.90. The van der Waals surface area contributed by atoms with Crippen molar-refractivity contribution >= 4 is 11.6 Å². The number of β-amino-alcohol motifs (C(OH)–C–C–N with tert-alkyl or cyclic N) is 1. The van der Waals surface area contributed by atoms with E-state index in [2.05, 4.69) is 6.92 Å². The van der Waals surface area contributed by atoms with Crippen molar-refractivity contribution in [3.8, 4) is 0 Å². The van der Waals surface area contributed by atoms with Crippen molar-refractivity contribution in [2.24, 2.45) is 5.92 Å². The summed E-state index contributed by atoms with van der Waals surface area (Å²) in [6.07, 6.45) is 3.18. The lowest BCUT2D eigenvalue weighted by atomic mass is 9.96. The van der Waals surface area contributed by atoms with E-state index in [4.69, 9.17) is 5.73 Å². The van der Waals surface area contributed by atoms with Gasteiger partial charge in [0.05, 0.1) is 11.8 Å². The van der Waals surface area contributed by atoms with Gasteiger partial charge >= 0.3 is 0 Å². The molecule has 0 bridgehead atoms. The third kappa shape index (κ3) is 2.92. The molecule has 2 rings (SSSR count). The highest BCUT2D eigenvalue weighted by Gasteiger charge is 2.29. The maximum atomic E-state index is 12.5. The fourth-order valence-electron chi connectivity index (χ4n) is 2.53. The number of nitrogens with zero attached hydrogens (tertiary/aromatic N) is 2. The Bertz CT molecular complexity index is 456. The number of likely N-dealkylation sites (tertiary alicyclic amines) is 1. The maximum Gasteiger partial charge on any atom is 0.270 e. The monoisotopic (exact) mass is 265 g/mol. The van der Waals surface area contributed by atoms with E-state index < -0.39 is 6.10 Å². The van der Waals surface area contributed by atoms with E-state index >= 15 is 0 Å². The number of nitrogen functional groups attached to an aromatic ring is 1. The van der Waals surface area contributed by atoms with E-state index in [0.717, 1.165) is 19.4 Å². The first-order chi connectivity index (χ1) is 9.02. The van der Waals surface area contributed by atoms with Gasteiger partial charge in [0.15, 0.2) is 0 Å². The van der Waals surface area contributed by atoms with Gasteiger partial charge in [0.25, 0.3) is 5.91 Å². The quantitative estimate of drug-likeness (QED) is 0.866. The lowest BCUT2D eigenvalue weighted by molar-refractivity contribution is 0.0242. The second-order valence-corrected chi connectivity index (χ2v) is 5.44. The Labute approximate surface area is 114 Å². The molecule has 1 aromatic heterocycles. The summed E-state index contributed by atoms with van der Waals surface area (Å²) in [4.78, 5) is 14.2. The Morgan fingerprint density at radius 1 is 1.58 bits per heavy atom. The number of nitrogens with two attached hydrogens (primary N) is 1. The zero-order chi connectivity index (χ0) is 14.0. The molecule has 3 N–H and O–H groups in total. The van der Waals surface area contributed by atoms with Gasteiger partial charge in [0.2, 0.25) is 0 Å². The SMILES string of the molecule is CCCn1cc(N)cc1C(=O)N1CCC(C)C(O)C1. The molecule has 1 aromatic rings. The van der Waals surface area contributed by atoms with E-state index in [9.17, 15) is 9.90 Å². The van der Waals surface area contributed by atoms with Crippen molar-refractivity contribution < 1.29 is 9.90 Å². The van der Waals surface area contributed by atoms with E-state index in [1.165, 1.54) is 0 Å². The molecule has 19 heavy (non-hydrogen) atoms. The fourth-order valence-corrected chi connectivity index (χ4v) is 2.53. The minimum atomic E-state index is -0.426. The number of aromatic nitrogens is 1. The Morgan fingerprint density at radius 3 is 2.95 bits per heavy atom. The first kappa shape index (κ1) is 13.9. The molecule has 0 saturated carbocycles. The number of aryl methyl sites for hydroxylation is 1. The number of anilines is 1. The van der Waals surface area contributed by atoms with E-state index in [-0.39, 0.29) is 11.8 Å². The van der Waals surface area contributed by atoms with Gasteiger partial charge in [0, 0.05) is 25.8 Å². The molecule has 1 amide bonds. The van der Waals surface area contributed by atoms with Crippen molar-refractivity contribution in [1.82, 2.24) is 9.47 Å². The highest BCUT2D eigenvalue weighted by Crippen LogP contribution is 2.20. The van der Waals surface area contributed by atoms with E-state index in [1.54, 1.807) is 17.2 Å². The van der Waals surface area contributed by atoms with Crippen LogP contribution in [0.25, 0.3) is 0 Å². The number of rotatable bonds is 3. The summed E-state index contributed by atoms with van der Waals surface area (Å²) in [5.41, 5.74) is 7.03. The third-order valence-electron chi connectivity index (χ3n) is 3.81. The van der Waals surface area contributed by atoms with Gasteiger partial charge < -0.3 is 20.3 Å². The molecule has 0 aromatic carbocycles. The number of piperidine rings is 1. The van der Waals surface area contributed by atoms with Gasteiger partial charge in [-0.05, 0) is 24.8 Å². The Hall–Kier alpha value is -1.49. The highest BCUT2D eigenvalue weighted by molar-refractivity contribution is 5.94. The molecule has 5 heteroatoms. The summed E-state index contributed by atoms with van der Waals surface area (Å²) >= 11 is 0. The van der Waals surface area contributed by atoms with Crippen LogP contribution in [-0.4, -0.2) is 39.7 Å². The van der Waals surface area contributed by atoms with Crippen LogP contribution in [-0.2, 0) is 6.54 Å². The predicted molar refractivity (Wildman–Crippen MR) is 74.8 cm³/mol. The zero-order valence-electron chi connectivity index (χ0n) is 11.7. The van der Waals surface area contributed by atoms with Gasteiger partial charge in [0.1, 0.15) is 5.69 Å². The molecule has 0 radical (unpaired) electrons. The van der Waals surface area contributed by atoms with Crippen LogP contribution in [0.5, 0.6) is 0 Å². The van der Waals surface area contributed by atoms with Crippen LogP contribution < -0.4 is 5.73 Å². The van der Waals surface area contributed by atoms with Crippen LogP contribution in [0.2, 0.25) is 0 Å². The molecule has 106 valence electrons. The number of carbonyl (C=O) groups is 1. The Balaban J connectivity index is 2.15. The summed E-state index contributed by atoms with van der Waals surface area (Å²) in [5, 5.41) is 9.90. The van der Waals surface area contributed by atoms with Crippen molar-refractivity contribution in [3.05, 3.63) is 18.0 Å². The normalized spacial score (nSPS) is 23.6. The summed E-state index contributed by atoms with van der Waals surface area (Å²) in [5.74, 6) is 0.229. The molecular weight excluding hydrogens is 242 g/mol. The van der Waals surface area contributed by atoms with Gasteiger partial charge in [-0.25, -0.2) is 0 Å². The summed E-state index contributed by atoms with van der Waals surface area (Å²) in [6.45, 7) is 5.98. The van der Waals surface area contributed by atoms with E-state index in [1.807, 2.05) is 11.5 Å². The van der Waals surface area contributed by atoms with Gasteiger partial charge in [-0.1, -0.05) is 13.8 Å². The number of hydrogen-bond acceptors (Lipinski definition) is 3. The predicted octanol–water partition coefficient (Wildman–Crippen LogP) is 1.32. The highest BCUT2D eigenvalue weighted by atomic mass is 16.3. The second-order valence-electron chi connectivity index (χ2n) is 5.44. The van der Waals surface area contributed by atoms with Crippen molar-refractivity contribution in [2.45, 2.75) is 39.3 Å².